The van der Waals surface area contributed by atoms with E-state index >= 15 is 0 Å². The molecule has 2 aromatic rings. The van der Waals surface area contributed by atoms with Crippen molar-refractivity contribution < 1.29 is 14.7 Å². The quantitative estimate of drug-likeness (QED) is 0.763. The average Bonchev–Trinajstić information content (AvgIpc) is 2.82. The number of fused-ring (bicyclic) bond motifs is 1. The summed E-state index contributed by atoms with van der Waals surface area (Å²) >= 11 is 0. The maximum absolute atomic E-state index is 12.0. The monoisotopic (exact) mass is 287 g/mol. The van der Waals surface area contributed by atoms with Gasteiger partial charge in [-0.25, -0.2) is 14.3 Å². The largest absolute Gasteiger partial charge is 0.480 e. The first-order valence-electron chi connectivity index (χ1n) is 6.10. The Morgan fingerprint density at radius 3 is 2.81 bits per heavy atom. The van der Waals surface area contributed by atoms with Crippen molar-refractivity contribution in [1.29, 1.82) is 0 Å². The predicted molar refractivity (Wildman–Crippen MR) is 72.6 cm³/mol. The standard InChI is InChI=1S/C13H13N5O3/c1-4-5-9(12(20)21)15-11(19)10-16-13-14-7(2)6-8(3)18(13)17-10/h1,6,9H,5H2,2-3H3,(H,15,19)(H,20,21). The summed E-state index contributed by atoms with van der Waals surface area (Å²) in [4.78, 5) is 31.1. The van der Waals surface area contributed by atoms with E-state index in [0.717, 1.165) is 11.4 Å². The Morgan fingerprint density at radius 1 is 1.48 bits per heavy atom. The van der Waals surface area contributed by atoms with E-state index in [-0.39, 0.29) is 18.0 Å². The van der Waals surface area contributed by atoms with Crippen molar-refractivity contribution >= 4 is 17.7 Å². The van der Waals surface area contributed by atoms with Crippen LogP contribution in [0.1, 0.15) is 28.4 Å². The normalized spacial score (nSPS) is 11.9. The molecular weight excluding hydrogens is 274 g/mol. The van der Waals surface area contributed by atoms with Crippen LogP contribution in [-0.4, -0.2) is 42.6 Å². The van der Waals surface area contributed by atoms with Gasteiger partial charge < -0.3 is 10.4 Å². The van der Waals surface area contributed by atoms with Crippen LogP contribution in [0, 0.1) is 26.2 Å². The van der Waals surface area contributed by atoms with Crippen molar-refractivity contribution in [3.8, 4) is 12.3 Å². The lowest BCUT2D eigenvalue weighted by Crippen LogP contribution is -2.40. The molecule has 0 aliphatic carbocycles. The van der Waals surface area contributed by atoms with Crippen LogP contribution in [0.4, 0.5) is 0 Å². The molecule has 0 saturated heterocycles. The van der Waals surface area contributed by atoms with Gasteiger partial charge >= 0.3 is 5.97 Å². The molecule has 0 aromatic carbocycles. The van der Waals surface area contributed by atoms with Crippen LogP contribution >= 0.6 is 0 Å². The Kier molecular flexibility index (Phi) is 3.84. The van der Waals surface area contributed by atoms with Gasteiger partial charge in [0.05, 0.1) is 0 Å². The number of hydrogen-bond acceptors (Lipinski definition) is 5. The van der Waals surface area contributed by atoms with Gasteiger partial charge in [0.1, 0.15) is 6.04 Å². The van der Waals surface area contributed by atoms with E-state index in [1.54, 1.807) is 19.9 Å². The van der Waals surface area contributed by atoms with E-state index in [4.69, 9.17) is 11.5 Å². The van der Waals surface area contributed by atoms with Crippen molar-refractivity contribution in [3.05, 3.63) is 23.3 Å². The van der Waals surface area contributed by atoms with E-state index in [0.29, 0.717) is 0 Å². The fourth-order valence-corrected chi connectivity index (χ4v) is 1.80. The van der Waals surface area contributed by atoms with Crippen molar-refractivity contribution in [3.63, 3.8) is 0 Å². The van der Waals surface area contributed by atoms with Gasteiger partial charge in [0.15, 0.2) is 0 Å². The van der Waals surface area contributed by atoms with Gasteiger partial charge in [-0.15, -0.1) is 17.4 Å². The summed E-state index contributed by atoms with van der Waals surface area (Å²) in [6.07, 6.45) is 4.95. The molecule has 1 atom stereocenters. The summed E-state index contributed by atoms with van der Waals surface area (Å²) in [5.41, 5.74) is 1.51. The maximum atomic E-state index is 12.0. The van der Waals surface area contributed by atoms with Gasteiger partial charge in [0.2, 0.25) is 5.82 Å². The summed E-state index contributed by atoms with van der Waals surface area (Å²) in [7, 11) is 0. The molecule has 21 heavy (non-hydrogen) atoms. The highest BCUT2D eigenvalue weighted by atomic mass is 16.4. The van der Waals surface area contributed by atoms with Crippen LogP contribution in [0.3, 0.4) is 0 Å². The van der Waals surface area contributed by atoms with Gasteiger partial charge in [-0.05, 0) is 19.9 Å². The van der Waals surface area contributed by atoms with E-state index < -0.39 is 17.9 Å². The number of aromatic nitrogens is 4. The third-order valence-electron chi connectivity index (χ3n) is 2.75. The summed E-state index contributed by atoms with van der Waals surface area (Å²) in [5.74, 6) is 0.400. The van der Waals surface area contributed by atoms with Crippen molar-refractivity contribution in [2.24, 2.45) is 0 Å². The minimum atomic E-state index is -1.21. The number of aryl methyl sites for hydroxylation is 2. The lowest BCUT2D eigenvalue weighted by Gasteiger charge is -2.09. The van der Waals surface area contributed by atoms with E-state index in [9.17, 15) is 9.59 Å². The lowest BCUT2D eigenvalue weighted by atomic mass is 10.2. The van der Waals surface area contributed by atoms with E-state index in [2.05, 4.69) is 26.3 Å². The van der Waals surface area contributed by atoms with Crippen molar-refractivity contribution in [2.75, 3.05) is 0 Å². The van der Waals surface area contributed by atoms with Crippen LogP contribution in [0.25, 0.3) is 5.78 Å². The van der Waals surface area contributed by atoms with Gasteiger partial charge in [0, 0.05) is 17.8 Å². The zero-order valence-corrected chi connectivity index (χ0v) is 11.5. The van der Waals surface area contributed by atoms with Crippen LogP contribution in [0.15, 0.2) is 6.07 Å². The van der Waals surface area contributed by atoms with Crippen LogP contribution in [0.5, 0.6) is 0 Å². The molecule has 8 heteroatoms. The Balaban J connectivity index is 2.30. The van der Waals surface area contributed by atoms with Gasteiger partial charge in [-0.3, -0.25) is 4.79 Å². The molecule has 0 fully saturated rings. The van der Waals surface area contributed by atoms with Gasteiger partial charge in [-0.1, -0.05) is 0 Å². The fourth-order valence-electron chi connectivity index (χ4n) is 1.80. The summed E-state index contributed by atoms with van der Waals surface area (Å²) in [6, 6.07) is 0.617. The highest BCUT2D eigenvalue weighted by Crippen LogP contribution is 2.05. The SMILES string of the molecule is C#CCC(NC(=O)c1nc2nc(C)cc(C)n2n1)C(=O)O. The number of carboxylic acid groups (broad SMARTS) is 1. The Labute approximate surface area is 120 Å². The molecule has 8 nitrogen and oxygen atoms in total. The van der Waals surface area contributed by atoms with Crippen molar-refractivity contribution in [1.82, 2.24) is 24.9 Å². The predicted octanol–water partition coefficient (Wildman–Crippen LogP) is -0.0526. The Bertz CT molecular complexity index is 759. The van der Waals surface area contributed by atoms with Crippen LogP contribution in [-0.2, 0) is 4.79 Å². The topological polar surface area (TPSA) is 109 Å². The first-order valence-corrected chi connectivity index (χ1v) is 6.10. The van der Waals surface area contributed by atoms with Gasteiger partial charge in [0.25, 0.3) is 11.7 Å². The summed E-state index contributed by atoms with van der Waals surface area (Å²) in [5, 5.41) is 15.2. The third-order valence-corrected chi connectivity index (χ3v) is 2.75. The fraction of sp³-hybridized carbons (Fsp3) is 0.308. The lowest BCUT2D eigenvalue weighted by molar-refractivity contribution is -0.139. The maximum Gasteiger partial charge on any atom is 0.327 e. The van der Waals surface area contributed by atoms with Crippen LogP contribution < -0.4 is 5.32 Å². The van der Waals surface area contributed by atoms with Gasteiger partial charge in [-0.2, -0.15) is 4.98 Å². The number of nitrogens with zero attached hydrogens (tertiary/aromatic N) is 4. The highest BCUT2D eigenvalue weighted by molar-refractivity contribution is 5.93. The molecular formula is C13H13N5O3. The number of carboxylic acids is 1. The first kappa shape index (κ1) is 14.5. The number of amides is 1. The molecule has 2 heterocycles. The van der Waals surface area contributed by atoms with Crippen LogP contribution in [0.2, 0.25) is 0 Å². The van der Waals surface area contributed by atoms with E-state index in [1.165, 1.54) is 4.52 Å². The number of nitrogens with one attached hydrogen (secondary N) is 1. The molecule has 0 bridgehead atoms. The first-order chi connectivity index (χ1) is 9.92. The Morgan fingerprint density at radius 2 is 2.19 bits per heavy atom. The molecule has 0 aliphatic rings. The average molecular weight is 287 g/mol. The molecule has 108 valence electrons. The van der Waals surface area contributed by atoms with E-state index in [1.807, 2.05) is 0 Å². The number of hydrogen-bond donors (Lipinski definition) is 2. The number of aliphatic carboxylic acids is 1. The zero-order valence-electron chi connectivity index (χ0n) is 11.5. The summed E-state index contributed by atoms with van der Waals surface area (Å²) in [6.45, 7) is 3.60. The summed E-state index contributed by atoms with van der Waals surface area (Å²) < 4.78 is 1.42. The van der Waals surface area contributed by atoms with Crippen molar-refractivity contribution in [2.45, 2.75) is 26.3 Å². The molecule has 2 aromatic heterocycles. The molecule has 2 N–H and O–H groups in total. The molecule has 0 aliphatic heterocycles. The highest BCUT2D eigenvalue weighted by Gasteiger charge is 2.22. The molecule has 2 rings (SSSR count). The second kappa shape index (κ2) is 5.58. The molecule has 0 spiro atoms. The number of carbonyl (C=O) groups excluding carboxylic acids is 1. The minimum absolute atomic E-state index is 0.120. The second-order valence-electron chi connectivity index (χ2n) is 4.46. The molecule has 1 amide bonds. The smallest absolute Gasteiger partial charge is 0.327 e. The number of terminal acetylenes is 1. The zero-order chi connectivity index (χ0) is 15.6. The number of carbonyl (C=O) groups is 2. The molecule has 0 radical (unpaired) electrons. The Hall–Kier alpha value is -2.95. The number of rotatable bonds is 4. The molecule has 0 saturated carbocycles. The third kappa shape index (κ3) is 2.97. The second-order valence-corrected chi connectivity index (χ2v) is 4.46. The molecule has 1 unspecified atom stereocenters. The minimum Gasteiger partial charge on any atom is -0.480 e.